The Labute approximate surface area is 143 Å². The molecule has 2 rings (SSSR count). The predicted molar refractivity (Wildman–Crippen MR) is 86.8 cm³/mol. The highest BCUT2D eigenvalue weighted by Crippen LogP contribution is 2.33. The SMILES string of the molecule is [2H]Nc1nc(SCC(=O)O)nc(N2CCCC(C(=O)OC)C2)c1Cl. The lowest BCUT2D eigenvalue weighted by molar-refractivity contribution is -0.145. The number of hydrogen-bond donors (Lipinski definition) is 2. The largest absolute Gasteiger partial charge is 0.481 e. The molecule has 1 aliphatic heterocycles. The number of aromatic nitrogens is 2. The highest BCUT2D eigenvalue weighted by molar-refractivity contribution is 7.99. The van der Waals surface area contributed by atoms with E-state index in [2.05, 4.69) is 15.7 Å². The molecule has 0 bridgehead atoms. The number of hydrogen-bond acceptors (Lipinski definition) is 8. The number of nitrogen functional groups attached to an aromatic ring is 1. The fourth-order valence-electron chi connectivity index (χ4n) is 2.34. The summed E-state index contributed by atoms with van der Waals surface area (Å²) in [6.07, 6.45) is 1.48. The van der Waals surface area contributed by atoms with Gasteiger partial charge in [-0.25, -0.2) is 9.97 Å². The van der Waals surface area contributed by atoms with Gasteiger partial charge in [0, 0.05) is 13.1 Å². The lowest BCUT2D eigenvalue weighted by atomic mass is 9.98. The molecule has 1 aromatic heterocycles. The molecule has 1 aliphatic rings. The first kappa shape index (κ1) is 16.1. The van der Waals surface area contributed by atoms with Gasteiger partial charge in [-0.05, 0) is 12.8 Å². The predicted octanol–water partition coefficient (Wildman–Crippen LogP) is 1.28. The van der Waals surface area contributed by atoms with Crippen molar-refractivity contribution in [3.63, 3.8) is 0 Å². The third kappa shape index (κ3) is 4.38. The number of nitrogens with two attached hydrogens (primary N) is 1. The van der Waals surface area contributed by atoms with Crippen LogP contribution in [0.3, 0.4) is 0 Å². The highest BCUT2D eigenvalue weighted by Gasteiger charge is 2.29. The summed E-state index contributed by atoms with van der Waals surface area (Å²) in [6, 6.07) is 0. The van der Waals surface area contributed by atoms with E-state index in [0.717, 1.165) is 24.6 Å². The molecule has 8 nitrogen and oxygen atoms in total. The second kappa shape index (κ2) is 7.69. The van der Waals surface area contributed by atoms with Crippen LogP contribution in [0.25, 0.3) is 0 Å². The van der Waals surface area contributed by atoms with Gasteiger partial charge in [-0.15, -0.1) is 0 Å². The Morgan fingerprint density at radius 1 is 1.61 bits per heavy atom. The molecule has 0 radical (unpaired) electrons. The number of thioether (sulfide) groups is 1. The van der Waals surface area contributed by atoms with Crippen molar-refractivity contribution in [2.45, 2.75) is 18.0 Å². The Kier molecular flexibility index (Phi) is 5.39. The number of nitrogens with zero attached hydrogens (tertiary/aromatic N) is 3. The normalized spacial score (nSPS) is 18.3. The second-order valence-electron chi connectivity index (χ2n) is 4.98. The summed E-state index contributed by atoms with van der Waals surface area (Å²) in [6.45, 7) is 1.04. The second-order valence-corrected chi connectivity index (χ2v) is 6.30. The Morgan fingerprint density at radius 3 is 3.04 bits per heavy atom. The number of methoxy groups -OCH3 is 1. The van der Waals surface area contributed by atoms with Crippen LogP contribution in [0.1, 0.15) is 12.8 Å². The van der Waals surface area contributed by atoms with Gasteiger partial charge in [-0.2, -0.15) is 0 Å². The van der Waals surface area contributed by atoms with Gasteiger partial charge in [0.15, 0.2) is 12.4 Å². The zero-order chi connectivity index (χ0) is 17.7. The summed E-state index contributed by atoms with van der Waals surface area (Å²) in [5.74, 6) is -1.30. The number of halogens is 1. The third-order valence-corrected chi connectivity index (χ3v) is 4.57. The van der Waals surface area contributed by atoms with Crippen molar-refractivity contribution in [1.29, 1.82) is 0 Å². The van der Waals surface area contributed by atoms with Crippen LogP contribution in [0, 0.1) is 5.92 Å². The number of ether oxygens (including phenoxy) is 1. The Hall–Kier alpha value is -1.74. The molecule has 1 atom stereocenters. The van der Waals surface area contributed by atoms with Gasteiger partial charge in [0.1, 0.15) is 10.8 Å². The molecule has 1 saturated heterocycles. The average molecular weight is 362 g/mol. The molecule has 0 aliphatic carbocycles. The van der Waals surface area contributed by atoms with Crippen LogP contribution in [0.2, 0.25) is 6.43 Å². The monoisotopic (exact) mass is 361 g/mol. The number of carbonyl (C=O) groups excluding carboxylic acids is 1. The first-order valence-corrected chi connectivity index (χ1v) is 8.25. The number of anilines is 2. The summed E-state index contributed by atoms with van der Waals surface area (Å²) in [4.78, 5) is 32.7. The van der Waals surface area contributed by atoms with E-state index in [0.29, 0.717) is 18.9 Å². The summed E-state index contributed by atoms with van der Waals surface area (Å²) in [5.41, 5.74) is 2.14. The van der Waals surface area contributed by atoms with Crippen molar-refractivity contribution < 1.29 is 20.8 Å². The zero-order valence-corrected chi connectivity index (χ0v) is 14.0. The molecule has 0 saturated carbocycles. The van der Waals surface area contributed by atoms with Crippen LogP contribution in [-0.2, 0) is 14.3 Å². The maximum atomic E-state index is 11.8. The summed E-state index contributed by atoms with van der Waals surface area (Å²) in [5, 5.41) is 9.14. The van der Waals surface area contributed by atoms with Crippen molar-refractivity contribution in [3.05, 3.63) is 5.02 Å². The van der Waals surface area contributed by atoms with E-state index < -0.39 is 5.97 Å². The van der Waals surface area contributed by atoms with Crippen LogP contribution >= 0.6 is 23.4 Å². The quantitative estimate of drug-likeness (QED) is 0.438. The summed E-state index contributed by atoms with van der Waals surface area (Å²) < 4.78 is 12.1. The molecule has 1 fully saturated rings. The van der Waals surface area contributed by atoms with E-state index in [9.17, 15) is 9.59 Å². The molecule has 126 valence electrons. The molecule has 0 aromatic carbocycles. The number of carboxylic acids is 1. The standard InChI is InChI=1S/C13H17ClN4O4S/c1-22-12(21)7-3-2-4-18(5-7)11-9(14)10(15)16-13(17-11)23-6-8(19)20/h7H,2-6H2,1H3,(H,19,20)(H2,15,16,17)/i/hD. The number of rotatable bonds is 6. The fraction of sp³-hybridized carbons (Fsp3) is 0.538. The molecule has 0 amide bonds. The van der Waals surface area contributed by atoms with Gasteiger partial charge in [0.2, 0.25) is 0 Å². The van der Waals surface area contributed by atoms with E-state index in [4.69, 9.17) is 22.9 Å². The van der Waals surface area contributed by atoms with Crippen LogP contribution in [-0.4, -0.2) is 53.0 Å². The topological polar surface area (TPSA) is 119 Å². The maximum Gasteiger partial charge on any atom is 0.313 e. The van der Waals surface area contributed by atoms with Crippen molar-refractivity contribution >= 4 is 46.9 Å². The maximum absolute atomic E-state index is 11.8. The minimum atomic E-state index is -0.996. The van der Waals surface area contributed by atoms with Gasteiger partial charge in [-0.1, -0.05) is 23.4 Å². The van der Waals surface area contributed by atoms with E-state index >= 15 is 0 Å². The first-order chi connectivity index (χ1) is 11.5. The molecule has 23 heavy (non-hydrogen) atoms. The lowest BCUT2D eigenvalue weighted by Gasteiger charge is -2.32. The summed E-state index contributed by atoms with van der Waals surface area (Å²) >= 11 is 7.18. The lowest BCUT2D eigenvalue weighted by Crippen LogP contribution is -2.40. The number of piperidine rings is 1. The van der Waals surface area contributed by atoms with Gasteiger partial charge in [0.05, 0.1) is 18.8 Å². The average Bonchev–Trinajstić information content (AvgIpc) is 2.60. The van der Waals surface area contributed by atoms with Crippen molar-refractivity contribution in [3.8, 4) is 0 Å². The first-order valence-electron chi connectivity index (χ1n) is 7.39. The summed E-state index contributed by atoms with van der Waals surface area (Å²) in [7, 11) is 1.35. The molecule has 1 unspecified atom stereocenters. The molecule has 3 N–H and O–H groups in total. The Balaban J connectivity index is 2.28. The zero-order valence-electron chi connectivity index (χ0n) is 13.4. The van der Waals surface area contributed by atoms with Crippen molar-refractivity contribution in [2.24, 2.45) is 5.92 Å². The molecular weight excluding hydrogens is 344 g/mol. The van der Waals surface area contributed by atoms with E-state index in [-0.39, 0.29) is 33.6 Å². The van der Waals surface area contributed by atoms with Gasteiger partial charge in [-0.3, -0.25) is 9.59 Å². The van der Waals surface area contributed by atoms with Crippen LogP contribution in [0.5, 0.6) is 0 Å². The Bertz CT molecular complexity index is 636. The molecule has 2 heterocycles. The number of carboxylic acid groups (broad SMARTS) is 1. The fourth-order valence-corrected chi connectivity index (χ4v) is 3.11. The number of carbonyl (C=O) groups is 2. The van der Waals surface area contributed by atoms with E-state index in [1.54, 1.807) is 0 Å². The molecule has 1 aromatic rings. The third-order valence-electron chi connectivity index (χ3n) is 3.39. The molecule has 0 spiro atoms. The van der Waals surface area contributed by atoms with Gasteiger partial charge >= 0.3 is 11.9 Å². The minimum absolute atomic E-state index is 0.0924. The van der Waals surface area contributed by atoms with Gasteiger partial charge in [0.25, 0.3) is 0 Å². The van der Waals surface area contributed by atoms with Crippen molar-refractivity contribution in [1.82, 2.24) is 9.97 Å². The molecule has 10 heteroatoms. The van der Waals surface area contributed by atoms with E-state index in [1.807, 2.05) is 4.90 Å². The van der Waals surface area contributed by atoms with Crippen molar-refractivity contribution in [2.75, 3.05) is 36.6 Å². The smallest absolute Gasteiger partial charge is 0.313 e. The van der Waals surface area contributed by atoms with Crippen LogP contribution < -0.4 is 10.6 Å². The van der Waals surface area contributed by atoms with Gasteiger partial charge < -0.3 is 20.5 Å². The van der Waals surface area contributed by atoms with Crippen LogP contribution in [0.15, 0.2) is 5.16 Å². The van der Waals surface area contributed by atoms with E-state index in [1.165, 1.54) is 7.11 Å². The molecular formula is C13H17ClN4O4S. The number of aliphatic carboxylic acids is 1. The minimum Gasteiger partial charge on any atom is -0.481 e. The number of esters is 1. The van der Waals surface area contributed by atoms with Crippen LogP contribution in [0.4, 0.5) is 11.6 Å². The Morgan fingerprint density at radius 2 is 2.39 bits per heavy atom. The highest BCUT2D eigenvalue weighted by atomic mass is 35.5.